The van der Waals surface area contributed by atoms with E-state index >= 15 is 0 Å². The Kier molecular flexibility index (Phi) is 4.88. The van der Waals surface area contributed by atoms with Crippen molar-refractivity contribution in [1.29, 1.82) is 0 Å². The Morgan fingerprint density at radius 1 is 1.21 bits per heavy atom. The third-order valence-corrected chi connectivity index (χ3v) is 4.73. The number of benzene rings is 1. The second kappa shape index (κ2) is 7.07. The topological polar surface area (TPSA) is 65.2 Å². The minimum absolute atomic E-state index is 0.0327. The van der Waals surface area contributed by atoms with Gasteiger partial charge in [-0.2, -0.15) is 0 Å². The van der Waals surface area contributed by atoms with Crippen LogP contribution in [0.5, 0.6) is 0 Å². The number of H-pyrrole nitrogens is 1. The molecule has 0 bridgehead atoms. The lowest BCUT2D eigenvalue weighted by Crippen LogP contribution is -2.33. The molecule has 1 saturated heterocycles. The zero-order chi connectivity index (χ0) is 17.1. The van der Waals surface area contributed by atoms with Gasteiger partial charge in [0.1, 0.15) is 0 Å². The van der Waals surface area contributed by atoms with Gasteiger partial charge in [0.05, 0.1) is 6.42 Å². The minimum atomic E-state index is -0.0327. The summed E-state index contributed by atoms with van der Waals surface area (Å²) in [6.07, 6.45) is 2.92. The average molecular weight is 327 g/mol. The van der Waals surface area contributed by atoms with E-state index in [9.17, 15) is 9.59 Å². The number of likely N-dealkylation sites (tertiary alicyclic amines) is 1. The summed E-state index contributed by atoms with van der Waals surface area (Å²) in [5, 5.41) is 3.99. The van der Waals surface area contributed by atoms with Crippen LogP contribution in [0.25, 0.3) is 10.9 Å². The molecule has 0 unspecified atom stereocenters. The maximum Gasteiger partial charge on any atom is 0.224 e. The highest BCUT2D eigenvalue weighted by Crippen LogP contribution is 2.23. The highest BCUT2D eigenvalue weighted by atomic mass is 16.2. The van der Waals surface area contributed by atoms with Crippen molar-refractivity contribution in [3.05, 3.63) is 35.0 Å². The summed E-state index contributed by atoms with van der Waals surface area (Å²) < 4.78 is 0. The van der Waals surface area contributed by atoms with Crippen LogP contribution >= 0.6 is 0 Å². The van der Waals surface area contributed by atoms with E-state index in [1.807, 2.05) is 17.9 Å². The Hall–Kier alpha value is -2.30. The molecule has 0 aliphatic carbocycles. The third-order valence-electron chi connectivity index (χ3n) is 4.73. The number of nitrogens with zero attached hydrogens (tertiary/aromatic N) is 1. The van der Waals surface area contributed by atoms with Crippen LogP contribution in [0.15, 0.2) is 18.2 Å². The summed E-state index contributed by atoms with van der Waals surface area (Å²) in [5.74, 6) is 0.112. The van der Waals surface area contributed by atoms with Gasteiger partial charge >= 0.3 is 0 Å². The van der Waals surface area contributed by atoms with E-state index in [2.05, 4.69) is 29.4 Å². The number of hydrogen-bond acceptors (Lipinski definition) is 2. The number of fused-ring (bicyclic) bond motifs is 1. The van der Waals surface area contributed by atoms with E-state index in [1.165, 1.54) is 5.56 Å². The number of amides is 2. The first-order valence-corrected chi connectivity index (χ1v) is 8.67. The van der Waals surface area contributed by atoms with Crippen LogP contribution in [0.2, 0.25) is 0 Å². The van der Waals surface area contributed by atoms with Gasteiger partial charge in [0, 0.05) is 42.7 Å². The summed E-state index contributed by atoms with van der Waals surface area (Å²) >= 11 is 0. The first kappa shape index (κ1) is 16.6. The van der Waals surface area contributed by atoms with Gasteiger partial charge in [0.2, 0.25) is 11.8 Å². The normalized spacial score (nSPS) is 14.3. The fourth-order valence-corrected chi connectivity index (χ4v) is 3.38. The summed E-state index contributed by atoms with van der Waals surface area (Å²) in [7, 11) is 0. The second-order valence-electron chi connectivity index (χ2n) is 6.64. The third kappa shape index (κ3) is 3.61. The van der Waals surface area contributed by atoms with Gasteiger partial charge in [-0.1, -0.05) is 11.6 Å². The van der Waals surface area contributed by atoms with Crippen molar-refractivity contribution in [1.82, 2.24) is 15.2 Å². The second-order valence-corrected chi connectivity index (χ2v) is 6.64. The smallest absolute Gasteiger partial charge is 0.224 e. The van der Waals surface area contributed by atoms with E-state index in [0.29, 0.717) is 19.4 Å². The molecule has 1 aromatic carbocycles. The molecule has 1 aliphatic rings. The fraction of sp³-hybridized carbons (Fsp3) is 0.474. The van der Waals surface area contributed by atoms with E-state index in [0.717, 1.165) is 48.1 Å². The summed E-state index contributed by atoms with van der Waals surface area (Å²) in [4.78, 5) is 29.4. The average Bonchev–Trinajstić information content (AvgIpc) is 3.17. The van der Waals surface area contributed by atoms with E-state index < -0.39 is 0 Å². The molecule has 1 fully saturated rings. The number of carbonyl (C=O) groups excluding carboxylic acids is 2. The Bertz CT molecular complexity index is 757. The predicted molar refractivity (Wildman–Crippen MR) is 94.9 cm³/mol. The number of rotatable bonds is 5. The van der Waals surface area contributed by atoms with Gasteiger partial charge < -0.3 is 15.2 Å². The number of aromatic nitrogens is 1. The van der Waals surface area contributed by atoms with Crippen molar-refractivity contribution in [2.45, 2.75) is 39.5 Å². The molecule has 2 N–H and O–H groups in total. The standard InChI is InChI=1S/C19H25N3O2/c1-13-5-6-17-16(11-13)15(14(2)21-17)12-18(23)20-8-7-19(24)22-9-3-4-10-22/h5-6,11,21H,3-4,7-10,12H2,1-2H3,(H,20,23). The van der Waals surface area contributed by atoms with Crippen LogP contribution in [0.3, 0.4) is 0 Å². The monoisotopic (exact) mass is 327 g/mol. The van der Waals surface area contributed by atoms with E-state index in [4.69, 9.17) is 0 Å². The summed E-state index contributed by atoms with van der Waals surface area (Å²) in [6, 6.07) is 6.22. The summed E-state index contributed by atoms with van der Waals surface area (Å²) in [5.41, 5.74) is 4.31. The van der Waals surface area contributed by atoms with Crippen LogP contribution in [-0.2, 0) is 16.0 Å². The molecule has 0 spiro atoms. The molecule has 0 radical (unpaired) electrons. The predicted octanol–water partition coefficient (Wildman–Crippen LogP) is 2.46. The maximum absolute atomic E-state index is 12.2. The van der Waals surface area contributed by atoms with Crippen molar-refractivity contribution in [2.24, 2.45) is 0 Å². The largest absolute Gasteiger partial charge is 0.358 e. The van der Waals surface area contributed by atoms with Gasteiger partial charge in [-0.25, -0.2) is 0 Å². The van der Waals surface area contributed by atoms with Crippen molar-refractivity contribution in [3.63, 3.8) is 0 Å². The Labute approximate surface area is 142 Å². The van der Waals surface area contributed by atoms with Gasteiger partial charge in [-0.3, -0.25) is 9.59 Å². The molecule has 1 aromatic heterocycles. The molecular weight excluding hydrogens is 302 g/mol. The number of carbonyl (C=O) groups is 2. The quantitative estimate of drug-likeness (QED) is 0.886. The Morgan fingerprint density at radius 2 is 1.96 bits per heavy atom. The molecule has 0 saturated carbocycles. The van der Waals surface area contributed by atoms with Crippen LogP contribution in [-0.4, -0.2) is 41.3 Å². The molecule has 0 atom stereocenters. The molecule has 24 heavy (non-hydrogen) atoms. The molecule has 1 aliphatic heterocycles. The maximum atomic E-state index is 12.2. The number of aromatic amines is 1. The van der Waals surface area contributed by atoms with Crippen LogP contribution in [0, 0.1) is 13.8 Å². The summed E-state index contributed by atoms with van der Waals surface area (Å²) in [6.45, 7) is 6.18. The van der Waals surface area contributed by atoms with E-state index in [1.54, 1.807) is 0 Å². The molecular formula is C19H25N3O2. The SMILES string of the molecule is Cc1ccc2[nH]c(C)c(CC(=O)NCCC(=O)N3CCCC3)c2c1. The molecule has 2 amide bonds. The molecule has 128 valence electrons. The van der Waals surface area contributed by atoms with Crippen molar-refractivity contribution in [3.8, 4) is 0 Å². The van der Waals surface area contributed by atoms with Crippen molar-refractivity contribution in [2.75, 3.05) is 19.6 Å². The zero-order valence-corrected chi connectivity index (χ0v) is 14.4. The Morgan fingerprint density at radius 3 is 2.71 bits per heavy atom. The lowest BCUT2D eigenvalue weighted by molar-refractivity contribution is -0.130. The first-order chi connectivity index (χ1) is 11.5. The number of nitrogens with one attached hydrogen (secondary N) is 2. The fourth-order valence-electron chi connectivity index (χ4n) is 3.38. The van der Waals surface area contributed by atoms with Crippen molar-refractivity contribution < 1.29 is 9.59 Å². The zero-order valence-electron chi connectivity index (χ0n) is 14.4. The van der Waals surface area contributed by atoms with Crippen LogP contribution < -0.4 is 5.32 Å². The minimum Gasteiger partial charge on any atom is -0.358 e. The van der Waals surface area contributed by atoms with E-state index in [-0.39, 0.29) is 11.8 Å². The highest BCUT2D eigenvalue weighted by molar-refractivity contribution is 5.90. The molecule has 5 nitrogen and oxygen atoms in total. The van der Waals surface area contributed by atoms with Gasteiger partial charge in [-0.15, -0.1) is 0 Å². The highest BCUT2D eigenvalue weighted by Gasteiger charge is 2.18. The molecule has 5 heteroatoms. The van der Waals surface area contributed by atoms with Crippen LogP contribution in [0.4, 0.5) is 0 Å². The number of aryl methyl sites for hydroxylation is 2. The first-order valence-electron chi connectivity index (χ1n) is 8.67. The number of hydrogen-bond donors (Lipinski definition) is 2. The van der Waals surface area contributed by atoms with Crippen molar-refractivity contribution >= 4 is 22.7 Å². The lowest BCUT2D eigenvalue weighted by atomic mass is 10.1. The van der Waals surface area contributed by atoms with Crippen LogP contribution in [0.1, 0.15) is 36.1 Å². The van der Waals surface area contributed by atoms with Gasteiger partial charge in [0.15, 0.2) is 0 Å². The molecule has 2 aromatic rings. The Balaban J connectivity index is 1.56. The molecule has 2 heterocycles. The van der Waals surface area contributed by atoms with Gasteiger partial charge in [0.25, 0.3) is 0 Å². The van der Waals surface area contributed by atoms with Gasteiger partial charge in [-0.05, 0) is 44.4 Å². The molecule has 3 rings (SSSR count). The lowest BCUT2D eigenvalue weighted by Gasteiger charge is -2.15.